The number of aromatic nitrogens is 2. The Bertz CT molecular complexity index is 1310. The summed E-state index contributed by atoms with van der Waals surface area (Å²) in [6.45, 7) is 4.44. The molecule has 0 atom stereocenters. The van der Waals surface area contributed by atoms with E-state index >= 15 is 0 Å². The largest absolute Gasteiger partial charge is 0.299 e. The van der Waals surface area contributed by atoms with Gasteiger partial charge in [-0.3, -0.25) is 4.57 Å². The highest BCUT2D eigenvalue weighted by Crippen LogP contribution is 2.40. The zero-order valence-corrected chi connectivity index (χ0v) is 18.7. The molecule has 0 saturated heterocycles. The van der Waals surface area contributed by atoms with Crippen LogP contribution in [-0.4, -0.2) is 9.55 Å². The van der Waals surface area contributed by atoms with Gasteiger partial charge in [-0.15, -0.1) is 0 Å². The molecule has 4 aromatic carbocycles. The van der Waals surface area contributed by atoms with Gasteiger partial charge in [-0.2, -0.15) is 0 Å². The van der Waals surface area contributed by atoms with Gasteiger partial charge in [0.1, 0.15) is 11.6 Å². The molecule has 1 heterocycles. The summed E-state index contributed by atoms with van der Waals surface area (Å²) < 4.78 is 15.7. The molecule has 0 spiro atoms. The predicted molar refractivity (Wildman–Crippen MR) is 134 cm³/mol. The molecule has 0 aliphatic heterocycles. The van der Waals surface area contributed by atoms with E-state index in [4.69, 9.17) is 0 Å². The van der Waals surface area contributed by atoms with Crippen LogP contribution in [0.5, 0.6) is 0 Å². The molecule has 0 bridgehead atoms. The second-order valence-electron chi connectivity index (χ2n) is 8.48. The van der Waals surface area contributed by atoms with Crippen molar-refractivity contribution in [3.05, 3.63) is 121 Å². The number of rotatable bonds is 5. The van der Waals surface area contributed by atoms with Gasteiger partial charge >= 0.3 is 0 Å². The van der Waals surface area contributed by atoms with Crippen LogP contribution in [0.3, 0.4) is 0 Å². The third-order valence-electron chi connectivity index (χ3n) is 5.95. The fourth-order valence-corrected chi connectivity index (χ4v) is 4.22. The van der Waals surface area contributed by atoms with Crippen LogP contribution in [-0.2, 0) is 0 Å². The minimum Gasteiger partial charge on any atom is -0.299 e. The predicted octanol–water partition coefficient (Wildman–Crippen LogP) is 8.14. The van der Waals surface area contributed by atoms with Crippen molar-refractivity contribution in [2.45, 2.75) is 19.8 Å². The number of nitrogens with zero attached hydrogens (tertiary/aromatic N) is 2. The highest BCUT2D eigenvalue weighted by Gasteiger charge is 2.20. The summed E-state index contributed by atoms with van der Waals surface area (Å²) in [5.74, 6) is 0.901. The van der Waals surface area contributed by atoms with E-state index in [1.54, 1.807) is 18.3 Å². The van der Waals surface area contributed by atoms with Crippen molar-refractivity contribution in [3.8, 4) is 39.3 Å². The molecule has 0 saturated carbocycles. The van der Waals surface area contributed by atoms with E-state index < -0.39 is 0 Å². The van der Waals surface area contributed by atoms with E-state index in [9.17, 15) is 4.39 Å². The minimum atomic E-state index is -0.256. The summed E-state index contributed by atoms with van der Waals surface area (Å²) in [7, 11) is 0. The highest BCUT2D eigenvalue weighted by molar-refractivity contribution is 5.87. The van der Waals surface area contributed by atoms with Crippen LogP contribution in [0.15, 0.2) is 109 Å². The number of halogens is 1. The zero-order valence-electron chi connectivity index (χ0n) is 18.7. The van der Waals surface area contributed by atoms with Gasteiger partial charge < -0.3 is 0 Å². The normalized spacial score (nSPS) is 11.2. The maximum Gasteiger partial charge on any atom is 0.144 e. The van der Waals surface area contributed by atoms with Crippen molar-refractivity contribution in [2.24, 2.45) is 0 Å². The topological polar surface area (TPSA) is 17.8 Å². The standard InChI is InChI=1S/C30H25FN2/c1-21(2)25-19-27(22-9-5-3-6-10-22)29(28(20-25)23-11-7-4-8-12-23)33-18-17-32-30(33)24-13-15-26(31)16-14-24/h3-21H,1-2H3. The lowest BCUT2D eigenvalue weighted by atomic mass is 9.89. The summed E-state index contributed by atoms with van der Waals surface area (Å²) in [4.78, 5) is 4.66. The summed E-state index contributed by atoms with van der Waals surface area (Å²) in [6.07, 6.45) is 3.79. The van der Waals surface area contributed by atoms with Gasteiger partial charge in [-0.25, -0.2) is 9.37 Å². The van der Waals surface area contributed by atoms with Crippen molar-refractivity contribution in [2.75, 3.05) is 0 Å². The molecular weight excluding hydrogens is 407 g/mol. The zero-order chi connectivity index (χ0) is 22.8. The van der Waals surface area contributed by atoms with Crippen LogP contribution in [0.2, 0.25) is 0 Å². The summed E-state index contributed by atoms with van der Waals surface area (Å²) in [5.41, 5.74) is 7.78. The molecule has 0 fully saturated rings. The monoisotopic (exact) mass is 432 g/mol. The van der Waals surface area contributed by atoms with Crippen LogP contribution in [0.25, 0.3) is 39.3 Å². The molecule has 1 aromatic heterocycles. The van der Waals surface area contributed by atoms with Gasteiger partial charge in [0.05, 0.1) is 5.69 Å². The first-order valence-corrected chi connectivity index (χ1v) is 11.2. The maximum atomic E-state index is 13.6. The fraction of sp³-hybridized carbons (Fsp3) is 0.100. The first-order valence-electron chi connectivity index (χ1n) is 11.2. The van der Waals surface area contributed by atoms with Gasteiger partial charge in [0.2, 0.25) is 0 Å². The van der Waals surface area contributed by atoms with Crippen LogP contribution in [0, 0.1) is 5.82 Å². The van der Waals surface area contributed by atoms with Gasteiger partial charge in [0.25, 0.3) is 0 Å². The molecule has 162 valence electrons. The van der Waals surface area contributed by atoms with Gasteiger partial charge in [0.15, 0.2) is 0 Å². The van der Waals surface area contributed by atoms with Crippen molar-refractivity contribution < 1.29 is 4.39 Å². The van der Waals surface area contributed by atoms with E-state index in [0.717, 1.165) is 39.3 Å². The lowest BCUT2D eigenvalue weighted by Crippen LogP contribution is -2.04. The van der Waals surface area contributed by atoms with E-state index in [1.165, 1.54) is 17.7 Å². The lowest BCUT2D eigenvalue weighted by Gasteiger charge is -2.21. The fourth-order valence-electron chi connectivity index (χ4n) is 4.22. The SMILES string of the molecule is CC(C)c1cc(-c2ccccc2)c(-n2ccnc2-c2ccc(F)cc2)c(-c2ccccc2)c1. The molecule has 5 aromatic rings. The molecule has 0 radical (unpaired) electrons. The molecule has 0 unspecified atom stereocenters. The van der Waals surface area contributed by atoms with Crippen molar-refractivity contribution in [1.82, 2.24) is 9.55 Å². The Labute approximate surface area is 194 Å². The quantitative estimate of drug-likeness (QED) is 0.274. The Balaban J connectivity index is 1.85. The molecule has 2 nitrogen and oxygen atoms in total. The van der Waals surface area contributed by atoms with E-state index in [1.807, 2.05) is 18.3 Å². The Morgan fingerprint density at radius 2 is 1.24 bits per heavy atom. The average Bonchev–Trinajstić information content (AvgIpc) is 3.34. The molecule has 5 rings (SSSR count). The van der Waals surface area contributed by atoms with Crippen LogP contribution >= 0.6 is 0 Å². The smallest absolute Gasteiger partial charge is 0.144 e. The van der Waals surface area contributed by atoms with E-state index in [-0.39, 0.29) is 5.82 Å². The van der Waals surface area contributed by atoms with Crippen molar-refractivity contribution in [3.63, 3.8) is 0 Å². The molecule has 0 N–H and O–H groups in total. The minimum absolute atomic E-state index is 0.256. The molecule has 3 heteroatoms. The third kappa shape index (κ3) is 4.10. The Morgan fingerprint density at radius 1 is 0.697 bits per heavy atom. The molecular formula is C30H25FN2. The van der Waals surface area contributed by atoms with Gasteiger partial charge in [-0.05, 0) is 59.0 Å². The van der Waals surface area contributed by atoms with Crippen molar-refractivity contribution >= 4 is 0 Å². The average molecular weight is 433 g/mol. The first kappa shape index (κ1) is 20.9. The maximum absolute atomic E-state index is 13.6. The summed E-state index contributed by atoms with van der Waals surface area (Å²) in [6, 6.07) is 32.0. The molecule has 0 amide bonds. The number of hydrogen-bond donors (Lipinski definition) is 0. The Hall–Kier alpha value is -3.98. The number of hydrogen-bond acceptors (Lipinski definition) is 1. The second-order valence-corrected chi connectivity index (χ2v) is 8.48. The van der Waals surface area contributed by atoms with Crippen LogP contribution < -0.4 is 0 Å². The summed E-state index contributed by atoms with van der Waals surface area (Å²) in [5, 5.41) is 0. The highest BCUT2D eigenvalue weighted by atomic mass is 19.1. The van der Waals surface area contributed by atoms with Crippen LogP contribution in [0.1, 0.15) is 25.3 Å². The Morgan fingerprint density at radius 3 is 1.76 bits per heavy atom. The number of imidazole rings is 1. The second kappa shape index (κ2) is 8.87. The van der Waals surface area contributed by atoms with Gasteiger partial charge in [0, 0.05) is 29.1 Å². The molecule has 33 heavy (non-hydrogen) atoms. The third-order valence-corrected chi connectivity index (χ3v) is 5.95. The summed E-state index contributed by atoms with van der Waals surface area (Å²) >= 11 is 0. The van der Waals surface area contributed by atoms with E-state index in [0.29, 0.717) is 5.92 Å². The molecule has 0 aliphatic carbocycles. The number of benzene rings is 4. The Kier molecular flexibility index (Phi) is 5.62. The van der Waals surface area contributed by atoms with Gasteiger partial charge in [-0.1, -0.05) is 74.5 Å². The van der Waals surface area contributed by atoms with Crippen LogP contribution in [0.4, 0.5) is 4.39 Å². The van der Waals surface area contributed by atoms with Crippen molar-refractivity contribution in [1.29, 1.82) is 0 Å². The molecule has 0 aliphatic rings. The van der Waals surface area contributed by atoms with E-state index in [2.05, 4.69) is 84.1 Å². The first-order chi connectivity index (χ1) is 16.1. The lowest BCUT2D eigenvalue weighted by molar-refractivity contribution is 0.628.